The molecule has 0 aliphatic heterocycles. The Balaban J connectivity index is 2.03. The highest BCUT2D eigenvalue weighted by atomic mass is 15.5. The van der Waals surface area contributed by atoms with E-state index in [-0.39, 0.29) is 0 Å². The Hall–Kier alpha value is -1.68. The zero-order valence-corrected chi connectivity index (χ0v) is 19.9. The summed E-state index contributed by atoms with van der Waals surface area (Å²) < 4.78 is 2.05. The summed E-state index contributed by atoms with van der Waals surface area (Å²) in [5.41, 5.74) is 2.34. The molecular weight excluding hydrogens is 368 g/mol. The third-order valence-electron chi connectivity index (χ3n) is 6.28. The minimum atomic E-state index is 0.779. The number of rotatable bonds is 16. The molecule has 1 aromatic carbocycles. The van der Waals surface area contributed by atoms with Crippen LogP contribution in [0.3, 0.4) is 0 Å². The maximum atomic E-state index is 4.47. The van der Waals surface area contributed by atoms with Crippen LogP contribution in [0, 0.1) is 11.8 Å². The summed E-state index contributed by atoms with van der Waals surface area (Å²) in [4.78, 5) is 2.65. The second-order valence-corrected chi connectivity index (χ2v) is 8.92. The Kier molecular flexibility index (Phi) is 11.8. The fourth-order valence-corrected chi connectivity index (χ4v) is 4.25. The van der Waals surface area contributed by atoms with Gasteiger partial charge in [-0.2, -0.15) is 0 Å². The van der Waals surface area contributed by atoms with Gasteiger partial charge in [0.05, 0.1) is 18.6 Å². The van der Waals surface area contributed by atoms with Crippen molar-refractivity contribution in [2.24, 2.45) is 11.8 Å². The summed E-state index contributed by atoms with van der Waals surface area (Å²) in [6, 6.07) is 10.5. The molecule has 1 heterocycles. The molecule has 2 atom stereocenters. The van der Waals surface area contributed by atoms with Crippen molar-refractivity contribution in [1.29, 1.82) is 0 Å². The molecule has 0 N–H and O–H groups in total. The van der Waals surface area contributed by atoms with E-state index in [0.29, 0.717) is 0 Å². The van der Waals surface area contributed by atoms with Crippen LogP contribution in [0.4, 0.5) is 0 Å². The topological polar surface area (TPSA) is 34.0 Å². The molecule has 2 unspecified atom stereocenters. The van der Waals surface area contributed by atoms with Crippen molar-refractivity contribution >= 4 is 0 Å². The van der Waals surface area contributed by atoms with Gasteiger partial charge in [-0.15, -0.1) is 5.10 Å². The summed E-state index contributed by atoms with van der Waals surface area (Å²) in [7, 11) is 0. The molecule has 0 radical (unpaired) electrons. The van der Waals surface area contributed by atoms with Crippen LogP contribution in [0.15, 0.2) is 36.5 Å². The standard InChI is InChI=1S/C26H44N4/c1-5-9-14-23(7-3)19-29(20-24(8-4)15-10-6-2)22-30-21-26(27-28-30)18-25-16-12-11-13-17-25/h11-13,16-17,21,23-24H,5-10,14-15,18-20,22H2,1-4H3. The lowest BCUT2D eigenvalue weighted by molar-refractivity contribution is 0.137. The van der Waals surface area contributed by atoms with E-state index in [1.165, 1.54) is 70.0 Å². The van der Waals surface area contributed by atoms with Crippen molar-refractivity contribution in [3.63, 3.8) is 0 Å². The molecule has 4 heteroatoms. The van der Waals surface area contributed by atoms with Crippen LogP contribution in [0.5, 0.6) is 0 Å². The average molecular weight is 413 g/mol. The molecule has 0 aliphatic rings. The first-order chi connectivity index (χ1) is 14.7. The first-order valence-electron chi connectivity index (χ1n) is 12.3. The molecule has 0 fully saturated rings. The van der Waals surface area contributed by atoms with E-state index in [9.17, 15) is 0 Å². The molecule has 2 rings (SSSR count). The third-order valence-corrected chi connectivity index (χ3v) is 6.28. The summed E-state index contributed by atoms with van der Waals surface area (Å²) >= 11 is 0. The highest BCUT2D eigenvalue weighted by molar-refractivity contribution is 5.19. The summed E-state index contributed by atoms with van der Waals surface area (Å²) in [6.45, 7) is 12.5. The van der Waals surface area contributed by atoms with Gasteiger partial charge < -0.3 is 0 Å². The second-order valence-electron chi connectivity index (χ2n) is 8.92. The van der Waals surface area contributed by atoms with Crippen molar-refractivity contribution in [2.45, 2.75) is 92.2 Å². The minimum Gasteiger partial charge on any atom is -0.284 e. The van der Waals surface area contributed by atoms with Gasteiger partial charge in [0, 0.05) is 19.5 Å². The van der Waals surface area contributed by atoms with E-state index >= 15 is 0 Å². The van der Waals surface area contributed by atoms with E-state index in [1.807, 2.05) is 0 Å². The lowest BCUT2D eigenvalue weighted by Gasteiger charge is -2.30. The van der Waals surface area contributed by atoms with Gasteiger partial charge in [-0.25, -0.2) is 4.68 Å². The lowest BCUT2D eigenvalue weighted by Crippen LogP contribution is -2.35. The third kappa shape index (κ3) is 8.99. The molecule has 4 nitrogen and oxygen atoms in total. The zero-order valence-electron chi connectivity index (χ0n) is 19.9. The highest BCUT2D eigenvalue weighted by Gasteiger charge is 2.18. The molecule has 30 heavy (non-hydrogen) atoms. The van der Waals surface area contributed by atoms with E-state index in [1.54, 1.807) is 0 Å². The van der Waals surface area contributed by atoms with Gasteiger partial charge in [0.25, 0.3) is 0 Å². The van der Waals surface area contributed by atoms with E-state index < -0.39 is 0 Å². The minimum absolute atomic E-state index is 0.779. The van der Waals surface area contributed by atoms with Gasteiger partial charge in [-0.3, -0.25) is 4.90 Å². The molecule has 0 aliphatic carbocycles. The van der Waals surface area contributed by atoms with E-state index in [2.05, 4.69) is 84.1 Å². The second kappa shape index (κ2) is 14.3. The van der Waals surface area contributed by atoms with Crippen molar-refractivity contribution < 1.29 is 0 Å². The smallest absolute Gasteiger partial charge is 0.0946 e. The predicted molar refractivity (Wildman–Crippen MR) is 127 cm³/mol. The van der Waals surface area contributed by atoms with Crippen LogP contribution in [0.1, 0.15) is 90.3 Å². The van der Waals surface area contributed by atoms with E-state index in [0.717, 1.165) is 30.6 Å². The van der Waals surface area contributed by atoms with Gasteiger partial charge >= 0.3 is 0 Å². The summed E-state index contributed by atoms with van der Waals surface area (Å²) in [5.74, 6) is 1.56. The summed E-state index contributed by atoms with van der Waals surface area (Å²) in [5, 5.41) is 8.92. The van der Waals surface area contributed by atoms with Crippen molar-refractivity contribution in [3.05, 3.63) is 47.8 Å². The van der Waals surface area contributed by atoms with Gasteiger partial charge in [0.15, 0.2) is 0 Å². The first kappa shape index (κ1) is 24.6. The monoisotopic (exact) mass is 412 g/mol. The van der Waals surface area contributed by atoms with Gasteiger partial charge in [-0.05, 0) is 30.2 Å². The molecule has 0 saturated carbocycles. The number of nitrogens with zero attached hydrogens (tertiary/aromatic N) is 4. The normalized spacial score (nSPS) is 13.6. The molecule has 0 amide bonds. The molecule has 1 aromatic heterocycles. The number of hydrogen-bond acceptors (Lipinski definition) is 3. The number of aromatic nitrogens is 3. The maximum absolute atomic E-state index is 4.47. The molecule has 0 saturated heterocycles. The average Bonchev–Trinajstić information content (AvgIpc) is 3.21. The van der Waals surface area contributed by atoms with Crippen LogP contribution in [-0.4, -0.2) is 33.0 Å². The van der Waals surface area contributed by atoms with Gasteiger partial charge in [-0.1, -0.05) is 102 Å². The molecule has 2 aromatic rings. The predicted octanol–water partition coefficient (Wildman–Crippen LogP) is 6.56. The SMILES string of the molecule is CCCCC(CC)CN(CC(CC)CCCC)Cn1cc(Cc2ccccc2)nn1. The van der Waals surface area contributed by atoms with Gasteiger partial charge in [0.1, 0.15) is 0 Å². The number of benzene rings is 1. The van der Waals surface area contributed by atoms with Crippen LogP contribution in [-0.2, 0) is 13.1 Å². The van der Waals surface area contributed by atoms with Crippen molar-refractivity contribution in [1.82, 2.24) is 19.9 Å². The number of hydrogen-bond donors (Lipinski definition) is 0. The Labute approximate surface area is 185 Å². The van der Waals surface area contributed by atoms with Gasteiger partial charge in [0.2, 0.25) is 0 Å². The fourth-order valence-electron chi connectivity index (χ4n) is 4.25. The van der Waals surface area contributed by atoms with Crippen molar-refractivity contribution in [2.75, 3.05) is 13.1 Å². The van der Waals surface area contributed by atoms with Crippen LogP contribution in [0.2, 0.25) is 0 Å². The Morgan fingerprint density at radius 1 is 0.867 bits per heavy atom. The first-order valence-corrected chi connectivity index (χ1v) is 12.3. The fraction of sp³-hybridized carbons (Fsp3) is 0.692. The number of unbranched alkanes of at least 4 members (excludes halogenated alkanes) is 2. The lowest BCUT2D eigenvalue weighted by atomic mass is 9.96. The highest BCUT2D eigenvalue weighted by Crippen LogP contribution is 2.19. The molecular formula is C26H44N4. The quantitative estimate of drug-likeness (QED) is 0.313. The van der Waals surface area contributed by atoms with Crippen molar-refractivity contribution in [3.8, 4) is 0 Å². The molecule has 0 bridgehead atoms. The van der Waals surface area contributed by atoms with Crippen LogP contribution >= 0.6 is 0 Å². The molecule has 0 spiro atoms. The maximum Gasteiger partial charge on any atom is 0.0946 e. The Morgan fingerprint density at radius 3 is 2.00 bits per heavy atom. The van der Waals surface area contributed by atoms with E-state index in [4.69, 9.17) is 0 Å². The van der Waals surface area contributed by atoms with Crippen LogP contribution in [0.25, 0.3) is 0 Å². The largest absolute Gasteiger partial charge is 0.284 e. The molecule has 168 valence electrons. The Bertz CT molecular complexity index is 649. The zero-order chi connectivity index (χ0) is 21.6. The van der Waals surface area contributed by atoms with Crippen LogP contribution < -0.4 is 0 Å². The summed E-state index contributed by atoms with van der Waals surface area (Å²) in [6.07, 6.45) is 13.4. The Morgan fingerprint density at radius 2 is 1.47 bits per heavy atom.